The number of halogens is 3. The summed E-state index contributed by atoms with van der Waals surface area (Å²) in [5, 5.41) is 4.02. The molecule has 1 nitrogen and oxygen atoms in total. The average Bonchev–Trinajstić information content (AvgIpc) is 2.47. The lowest BCUT2D eigenvalue weighted by atomic mass is 10.1. The summed E-state index contributed by atoms with van der Waals surface area (Å²) in [6.07, 6.45) is 0.810. The fourth-order valence-corrected chi connectivity index (χ4v) is 3.75. The molecule has 2 aromatic rings. The van der Waals surface area contributed by atoms with Crippen molar-refractivity contribution in [3.63, 3.8) is 0 Å². The van der Waals surface area contributed by atoms with Gasteiger partial charge in [-0.05, 0) is 43.3 Å². The van der Waals surface area contributed by atoms with Crippen molar-refractivity contribution in [1.29, 1.82) is 0 Å². The molecule has 0 saturated heterocycles. The standard InChI is InChI=1S/C16H16BrClFNS/c1-20-13(8-11-6-7-12(17)9-14(11)18)10-21-16-5-3-2-4-15(16)19/h2-7,9,13,20H,8,10H2,1H3. The fraction of sp³-hybridized carbons (Fsp3) is 0.250. The van der Waals surface area contributed by atoms with E-state index in [9.17, 15) is 4.39 Å². The minimum atomic E-state index is -0.168. The van der Waals surface area contributed by atoms with Crippen LogP contribution in [0.5, 0.6) is 0 Å². The summed E-state index contributed by atoms with van der Waals surface area (Å²) in [6.45, 7) is 0. The highest BCUT2D eigenvalue weighted by molar-refractivity contribution is 9.10. The third kappa shape index (κ3) is 4.99. The van der Waals surface area contributed by atoms with Crippen molar-refractivity contribution in [3.8, 4) is 0 Å². The molecule has 0 fully saturated rings. The SMILES string of the molecule is CNC(CSc1ccccc1F)Cc1ccc(Br)cc1Cl. The molecule has 0 bridgehead atoms. The molecule has 5 heteroatoms. The Bertz CT molecular complexity index is 609. The third-order valence-electron chi connectivity index (χ3n) is 3.17. The number of hydrogen-bond donors (Lipinski definition) is 1. The first kappa shape index (κ1) is 16.8. The van der Waals surface area contributed by atoms with E-state index in [0.717, 1.165) is 27.2 Å². The number of nitrogens with one attached hydrogen (secondary N) is 1. The number of likely N-dealkylation sites (N-methyl/N-ethyl adjacent to an activating group) is 1. The predicted molar refractivity (Wildman–Crippen MR) is 92.8 cm³/mol. The van der Waals surface area contributed by atoms with Crippen molar-refractivity contribution in [2.24, 2.45) is 0 Å². The molecule has 0 aromatic heterocycles. The van der Waals surface area contributed by atoms with Gasteiger partial charge in [-0.1, -0.05) is 45.7 Å². The van der Waals surface area contributed by atoms with Gasteiger partial charge in [0.25, 0.3) is 0 Å². The van der Waals surface area contributed by atoms with Crippen molar-refractivity contribution in [1.82, 2.24) is 5.32 Å². The normalized spacial score (nSPS) is 12.4. The zero-order valence-electron chi connectivity index (χ0n) is 11.6. The van der Waals surface area contributed by atoms with Gasteiger partial charge in [0.15, 0.2) is 0 Å². The number of rotatable bonds is 6. The summed E-state index contributed by atoms with van der Waals surface area (Å²) in [4.78, 5) is 0.680. The zero-order valence-corrected chi connectivity index (χ0v) is 14.7. The summed E-state index contributed by atoms with van der Waals surface area (Å²) in [6, 6.07) is 13.0. The molecule has 112 valence electrons. The minimum Gasteiger partial charge on any atom is -0.316 e. The van der Waals surface area contributed by atoms with Crippen LogP contribution in [0.3, 0.4) is 0 Å². The Morgan fingerprint density at radius 2 is 2.05 bits per heavy atom. The van der Waals surface area contributed by atoms with Crippen LogP contribution in [0.1, 0.15) is 5.56 Å². The molecule has 0 aliphatic carbocycles. The molecule has 1 unspecified atom stereocenters. The lowest BCUT2D eigenvalue weighted by molar-refractivity contribution is 0.598. The van der Waals surface area contributed by atoms with Gasteiger partial charge in [0.1, 0.15) is 5.82 Å². The smallest absolute Gasteiger partial charge is 0.136 e. The van der Waals surface area contributed by atoms with E-state index in [1.54, 1.807) is 12.1 Å². The van der Waals surface area contributed by atoms with Gasteiger partial charge in [-0.3, -0.25) is 0 Å². The number of thioether (sulfide) groups is 1. The average molecular weight is 389 g/mol. The van der Waals surface area contributed by atoms with Gasteiger partial charge in [0.05, 0.1) is 0 Å². The van der Waals surface area contributed by atoms with Crippen LogP contribution >= 0.6 is 39.3 Å². The predicted octanol–water partition coefficient (Wildman–Crippen LogP) is 5.16. The monoisotopic (exact) mass is 387 g/mol. The molecule has 2 aromatic carbocycles. The van der Waals surface area contributed by atoms with Gasteiger partial charge in [0.2, 0.25) is 0 Å². The van der Waals surface area contributed by atoms with Crippen LogP contribution in [0, 0.1) is 5.82 Å². The van der Waals surface area contributed by atoms with Gasteiger partial charge in [-0.2, -0.15) is 0 Å². The van der Waals surface area contributed by atoms with Crippen LogP contribution in [0.25, 0.3) is 0 Å². The first-order valence-electron chi connectivity index (χ1n) is 6.58. The molecule has 0 aliphatic heterocycles. The summed E-state index contributed by atoms with van der Waals surface area (Å²) in [5.74, 6) is 0.614. The Balaban J connectivity index is 1.99. The van der Waals surface area contributed by atoms with E-state index >= 15 is 0 Å². The molecule has 1 N–H and O–H groups in total. The summed E-state index contributed by atoms with van der Waals surface area (Å²) in [5.41, 5.74) is 1.09. The topological polar surface area (TPSA) is 12.0 Å². The van der Waals surface area contributed by atoms with E-state index in [-0.39, 0.29) is 11.9 Å². The second-order valence-corrected chi connectivity index (χ2v) is 7.05. The van der Waals surface area contributed by atoms with Crippen molar-refractivity contribution in [3.05, 3.63) is 63.3 Å². The van der Waals surface area contributed by atoms with Crippen molar-refractivity contribution in [2.75, 3.05) is 12.8 Å². The second-order valence-electron chi connectivity index (χ2n) is 4.67. The van der Waals surface area contributed by atoms with Crippen LogP contribution in [0.2, 0.25) is 5.02 Å². The van der Waals surface area contributed by atoms with E-state index in [1.165, 1.54) is 17.8 Å². The van der Waals surface area contributed by atoms with E-state index < -0.39 is 0 Å². The molecular formula is C16H16BrClFNS. The van der Waals surface area contributed by atoms with E-state index in [1.807, 2.05) is 31.3 Å². The van der Waals surface area contributed by atoms with Crippen molar-refractivity contribution in [2.45, 2.75) is 17.4 Å². The molecule has 0 aliphatic rings. The Morgan fingerprint density at radius 1 is 1.29 bits per heavy atom. The minimum absolute atomic E-state index is 0.168. The van der Waals surface area contributed by atoms with Crippen molar-refractivity contribution < 1.29 is 4.39 Å². The van der Waals surface area contributed by atoms with Gasteiger partial charge in [-0.15, -0.1) is 11.8 Å². The summed E-state index contributed by atoms with van der Waals surface area (Å²) in [7, 11) is 1.92. The van der Waals surface area contributed by atoms with E-state index in [2.05, 4.69) is 21.2 Å². The molecule has 1 atom stereocenters. The van der Waals surface area contributed by atoms with Crippen LogP contribution < -0.4 is 5.32 Å². The molecular weight excluding hydrogens is 373 g/mol. The third-order valence-corrected chi connectivity index (χ3v) is 5.22. The molecule has 0 radical (unpaired) electrons. The van der Waals surface area contributed by atoms with E-state index in [0.29, 0.717) is 4.90 Å². The zero-order chi connectivity index (χ0) is 15.2. The number of benzene rings is 2. The highest BCUT2D eigenvalue weighted by atomic mass is 79.9. The molecule has 0 spiro atoms. The van der Waals surface area contributed by atoms with Crippen LogP contribution in [-0.4, -0.2) is 18.8 Å². The highest BCUT2D eigenvalue weighted by Crippen LogP contribution is 2.25. The Morgan fingerprint density at radius 3 is 2.71 bits per heavy atom. The summed E-state index contributed by atoms with van der Waals surface area (Å²) < 4.78 is 14.6. The van der Waals surface area contributed by atoms with Gasteiger partial charge in [-0.25, -0.2) is 4.39 Å². The Labute approximate surface area is 142 Å². The molecule has 21 heavy (non-hydrogen) atoms. The fourth-order valence-electron chi connectivity index (χ4n) is 1.95. The van der Waals surface area contributed by atoms with Gasteiger partial charge >= 0.3 is 0 Å². The number of hydrogen-bond acceptors (Lipinski definition) is 2. The lowest BCUT2D eigenvalue weighted by Crippen LogP contribution is -2.30. The summed E-state index contributed by atoms with van der Waals surface area (Å²) >= 11 is 11.2. The second kappa shape index (κ2) is 8.18. The first-order valence-corrected chi connectivity index (χ1v) is 8.74. The van der Waals surface area contributed by atoms with Crippen LogP contribution in [0.15, 0.2) is 51.8 Å². The molecule has 0 saturated carbocycles. The maximum absolute atomic E-state index is 13.6. The first-order chi connectivity index (χ1) is 10.1. The highest BCUT2D eigenvalue weighted by Gasteiger charge is 2.12. The lowest BCUT2D eigenvalue weighted by Gasteiger charge is -2.17. The van der Waals surface area contributed by atoms with Crippen molar-refractivity contribution >= 4 is 39.3 Å². The Hall–Kier alpha value is -0.550. The van der Waals surface area contributed by atoms with E-state index in [4.69, 9.17) is 11.6 Å². The maximum atomic E-state index is 13.6. The van der Waals surface area contributed by atoms with Crippen LogP contribution in [0.4, 0.5) is 4.39 Å². The van der Waals surface area contributed by atoms with Gasteiger partial charge in [0, 0.05) is 26.2 Å². The Kier molecular flexibility index (Phi) is 6.55. The molecule has 0 amide bonds. The molecule has 0 heterocycles. The van der Waals surface area contributed by atoms with Gasteiger partial charge < -0.3 is 5.32 Å². The largest absolute Gasteiger partial charge is 0.316 e. The maximum Gasteiger partial charge on any atom is 0.136 e. The quantitative estimate of drug-likeness (QED) is 0.686. The van der Waals surface area contributed by atoms with Crippen LogP contribution in [-0.2, 0) is 6.42 Å². The molecule has 2 rings (SSSR count).